The van der Waals surface area contributed by atoms with Gasteiger partial charge in [-0.2, -0.15) is 5.10 Å². The second-order valence-electron chi connectivity index (χ2n) is 8.21. The summed E-state index contributed by atoms with van der Waals surface area (Å²) in [5, 5.41) is 7.68. The molecule has 1 aliphatic rings. The summed E-state index contributed by atoms with van der Waals surface area (Å²) in [6.45, 7) is 4.39. The van der Waals surface area contributed by atoms with Crippen LogP contribution in [0.1, 0.15) is 22.5 Å². The highest BCUT2D eigenvalue weighted by Crippen LogP contribution is 2.37. The highest BCUT2D eigenvalue weighted by atomic mass is 16.5. The van der Waals surface area contributed by atoms with Crippen molar-refractivity contribution in [1.29, 1.82) is 0 Å². The molecule has 0 aliphatic carbocycles. The molecule has 0 radical (unpaired) electrons. The van der Waals surface area contributed by atoms with Crippen molar-refractivity contribution in [2.75, 3.05) is 6.54 Å². The van der Waals surface area contributed by atoms with Crippen LogP contribution >= 0.6 is 0 Å². The van der Waals surface area contributed by atoms with Gasteiger partial charge in [0.05, 0.1) is 36.2 Å². The molecule has 0 spiro atoms. The van der Waals surface area contributed by atoms with E-state index in [4.69, 9.17) is 4.74 Å². The fraction of sp³-hybridized carbons (Fsp3) is 0.231. The zero-order valence-electron chi connectivity index (χ0n) is 18.7. The minimum absolute atomic E-state index is 0.0393. The molecule has 0 saturated heterocycles. The topological polar surface area (TPSA) is 81.9 Å². The number of ether oxygens (including phenoxy) is 1. The highest BCUT2D eigenvalue weighted by molar-refractivity contribution is 5.79. The molecule has 1 atom stereocenters. The van der Waals surface area contributed by atoms with Crippen molar-refractivity contribution in [3.63, 3.8) is 0 Å². The standard InChI is InChI=1S/C26H25N5O2/c1-17-23(18(2)31(30-17)20-8-4-3-5-9-20)14-25(32)29-15-21-13-19-7-6-10-22(26(19)33-21)24-16-27-11-12-28-24/h3-12,16,21H,13-15H2,1-2H3,(H,29,32)/t21-/m1/s1. The van der Waals surface area contributed by atoms with Crippen LogP contribution in [0, 0.1) is 13.8 Å². The van der Waals surface area contributed by atoms with E-state index in [-0.39, 0.29) is 18.4 Å². The lowest BCUT2D eigenvalue weighted by Gasteiger charge is -2.13. The summed E-state index contributed by atoms with van der Waals surface area (Å²) in [5.74, 6) is 0.788. The number of para-hydroxylation sites is 2. The molecule has 4 aromatic rings. The lowest BCUT2D eigenvalue weighted by atomic mass is 10.0. The van der Waals surface area contributed by atoms with Crippen molar-refractivity contribution in [1.82, 2.24) is 25.1 Å². The van der Waals surface area contributed by atoms with Crippen LogP contribution in [0.25, 0.3) is 16.9 Å². The van der Waals surface area contributed by atoms with E-state index in [9.17, 15) is 4.79 Å². The number of nitrogens with one attached hydrogen (secondary N) is 1. The Hall–Kier alpha value is -4.00. The number of amides is 1. The number of nitrogens with zero attached hydrogens (tertiary/aromatic N) is 4. The van der Waals surface area contributed by atoms with Gasteiger partial charge >= 0.3 is 0 Å². The first-order valence-electron chi connectivity index (χ1n) is 11.0. The number of aromatic nitrogens is 4. The van der Waals surface area contributed by atoms with E-state index in [1.165, 1.54) is 0 Å². The van der Waals surface area contributed by atoms with Crippen molar-refractivity contribution >= 4 is 5.91 Å². The minimum atomic E-state index is -0.115. The van der Waals surface area contributed by atoms with Gasteiger partial charge in [-0.3, -0.25) is 14.8 Å². The van der Waals surface area contributed by atoms with Crippen LogP contribution in [-0.4, -0.2) is 38.3 Å². The average molecular weight is 440 g/mol. The van der Waals surface area contributed by atoms with Crippen LogP contribution in [0.2, 0.25) is 0 Å². The van der Waals surface area contributed by atoms with Gasteiger partial charge in [-0.15, -0.1) is 0 Å². The first kappa shape index (κ1) is 20.9. The largest absolute Gasteiger partial charge is 0.487 e. The normalized spacial score (nSPS) is 14.5. The third-order valence-electron chi connectivity index (χ3n) is 5.97. The molecule has 2 aromatic heterocycles. The minimum Gasteiger partial charge on any atom is -0.487 e. The lowest BCUT2D eigenvalue weighted by molar-refractivity contribution is -0.120. The Morgan fingerprint density at radius 2 is 1.97 bits per heavy atom. The summed E-state index contributed by atoms with van der Waals surface area (Å²) < 4.78 is 8.10. The molecule has 33 heavy (non-hydrogen) atoms. The molecule has 3 heterocycles. The molecule has 0 unspecified atom stereocenters. The van der Waals surface area contributed by atoms with E-state index in [0.29, 0.717) is 6.54 Å². The SMILES string of the molecule is Cc1nn(-c2ccccc2)c(C)c1CC(=O)NC[C@H]1Cc2cccc(-c3cnccn3)c2O1. The first-order chi connectivity index (χ1) is 16.1. The maximum absolute atomic E-state index is 12.8. The molecular formula is C26H25N5O2. The number of fused-ring (bicyclic) bond motifs is 1. The van der Waals surface area contributed by atoms with Gasteiger partial charge in [-0.25, -0.2) is 4.68 Å². The van der Waals surface area contributed by atoms with Crippen LogP contribution in [0.3, 0.4) is 0 Å². The smallest absolute Gasteiger partial charge is 0.224 e. The van der Waals surface area contributed by atoms with Gasteiger partial charge in [0.2, 0.25) is 5.91 Å². The van der Waals surface area contributed by atoms with Crippen LogP contribution in [0.5, 0.6) is 5.75 Å². The maximum Gasteiger partial charge on any atom is 0.224 e. The Balaban J connectivity index is 1.23. The van der Waals surface area contributed by atoms with E-state index in [1.807, 2.05) is 61.0 Å². The second kappa shape index (κ2) is 8.86. The summed E-state index contributed by atoms with van der Waals surface area (Å²) in [6, 6.07) is 16.0. The fourth-order valence-electron chi connectivity index (χ4n) is 4.29. The van der Waals surface area contributed by atoms with E-state index in [0.717, 1.165) is 51.6 Å². The molecule has 1 N–H and O–H groups in total. The molecule has 1 aliphatic heterocycles. The van der Waals surface area contributed by atoms with Gasteiger partial charge in [0.15, 0.2) is 0 Å². The number of rotatable bonds is 6. The molecule has 0 saturated carbocycles. The Kier molecular flexibility index (Phi) is 5.60. The van der Waals surface area contributed by atoms with Gasteiger partial charge in [-0.1, -0.05) is 30.3 Å². The van der Waals surface area contributed by atoms with E-state index < -0.39 is 0 Å². The third kappa shape index (κ3) is 4.22. The number of hydrogen-bond donors (Lipinski definition) is 1. The van der Waals surface area contributed by atoms with Gasteiger partial charge in [0, 0.05) is 35.6 Å². The number of benzene rings is 2. The molecule has 1 amide bonds. The summed E-state index contributed by atoms with van der Waals surface area (Å²) in [6.07, 6.45) is 5.97. The Morgan fingerprint density at radius 1 is 1.12 bits per heavy atom. The van der Waals surface area contributed by atoms with E-state index in [1.54, 1.807) is 18.6 Å². The maximum atomic E-state index is 12.8. The predicted molar refractivity (Wildman–Crippen MR) is 125 cm³/mol. The van der Waals surface area contributed by atoms with Gasteiger partial charge < -0.3 is 10.1 Å². The highest BCUT2D eigenvalue weighted by Gasteiger charge is 2.27. The molecule has 0 bridgehead atoms. The summed E-state index contributed by atoms with van der Waals surface area (Å²) >= 11 is 0. The second-order valence-corrected chi connectivity index (χ2v) is 8.21. The molecular weight excluding hydrogens is 414 g/mol. The molecule has 7 heteroatoms. The van der Waals surface area contributed by atoms with Crippen LogP contribution < -0.4 is 10.1 Å². The number of hydrogen-bond acceptors (Lipinski definition) is 5. The van der Waals surface area contributed by atoms with Crippen molar-refractivity contribution in [3.05, 3.63) is 89.6 Å². The van der Waals surface area contributed by atoms with Crippen molar-refractivity contribution < 1.29 is 9.53 Å². The Bertz CT molecular complexity index is 1290. The summed E-state index contributed by atoms with van der Waals surface area (Å²) in [7, 11) is 0. The van der Waals surface area contributed by atoms with Crippen LogP contribution in [-0.2, 0) is 17.6 Å². The van der Waals surface area contributed by atoms with E-state index >= 15 is 0 Å². The summed E-state index contributed by atoms with van der Waals surface area (Å²) in [4.78, 5) is 21.3. The molecule has 5 rings (SSSR count). The third-order valence-corrected chi connectivity index (χ3v) is 5.97. The first-order valence-corrected chi connectivity index (χ1v) is 11.0. The van der Waals surface area contributed by atoms with E-state index in [2.05, 4.69) is 26.4 Å². The van der Waals surface area contributed by atoms with Gasteiger partial charge in [-0.05, 0) is 37.6 Å². The molecule has 2 aromatic carbocycles. The van der Waals surface area contributed by atoms with Crippen molar-refractivity contribution in [2.45, 2.75) is 32.8 Å². The van der Waals surface area contributed by atoms with Gasteiger partial charge in [0.25, 0.3) is 0 Å². The van der Waals surface area contributed by atoms with Crippen molar-refractivity contribution in [2.24, 2.45) is 0 Å². The fourth-order valence-corrected chi connectivity index (χ4v) is 4.29. The Morgan fingerprint density at radius 3 is 2.76 bits per heavy atom. The molecule has 0 fully saturated rings. The predicted octanol–water partition coefficient (Wildman–Crippen LogP) is 3.61. The average Bonchev–Trinajstić information content (AvgIpc) is 3.39. The lowest BCUT2D eigenvalue weighted by Crippen LogP contribution is -2.35. The number of carbonyl (C=O) groups is 1. The molecule has 166 valence electrons. The quantitative estimate of drug-likeness (QED) is 0.496. The zero-order chi connectivity index (χ0) is 22.8. The van der Waals surface area contributed by atoms with Crippen molar-refractivity contribution in [3.8, 4) is 22.7 Å². The monoisotopic (exact) mass is 439 g/mol. The number of carbonyl (C=O) groups excluding carboxylic acids is 1. The van der Waals surface area contributed by atoms with Crippen LogP contribution in [0.4, 0.5) is 0 Å². The summed E-state index contributed by atoms with van der Waals surface area (Å²) in [5.41, 5.74) is 6.61. The molecule has 7 nitrogen and oxygen atoms in total. The van der Waals surface area contributed by atoms with Gasteiger partial charge in [0.1, 0.15) is 11.9 Å². The number of aryl methyl sites for hydroxylation is 1. The van der Waals surface area contributed by atoms with Crippen LogP contribution in [0.15, 0.2) is 67.1 Å². The zero-order valence-corrected chi connectivity index (χ0v) is 18.7. The Labute approximate surface area is 192 Å².